The lowest BCUT2D eigenvalue weighted by Gasteiger charge is -2.38. The second-order valence-electron chi connectivity index (χ2n) is 7.89. The molecule has 1 aromatic rings. The zero-order chi connectivity index (χ0) is 15.6. The van der Waals surface area contributed by atoms with Crippen LogP contribution in [0.25, 0.3) is 0 Å². The van der Waals surface area contributed by atoms with Gasteiger partial charge in [-0.05, 0) is 44.7 Å². The third kappa shape index (κ3) is 4.82. The maximum Gasteiger partial charge on any atom is 0.0411 e. The lowest BCUT2D eigenvalue weighted by molar-refractivity contribution is 0.329. The molecule has 1 N–H and O–H groups in total. The Morgan fingerprint density at radius 1 is 1.05 bits per heavy atom. The fraction of sp³-hybridized carbons (Fsp3) is 0.667. The van der Waals surface area contributed by atoms with E-state index in [9.17, 15) is 0 Å². The van der Waals surface area contributed by atoms with Gasteiger partial charge >= 0.3 is 0 Å². The lowest BCUT2D eigenvalue weighted by Crippen LogP contribution is -2.40. The average molecular weight is 276 g/mol. The molecule has 1 aromatic carbocycles. The molecule has 0 fully saturated rings. The number of hydrogen-bond donors (Lipinski definition) is 1. The highest BCUT2D eigenvalue weighted by molar-refractivity contribution is 5.54. The van der Waals surface area contributed by atoms with E-state index in [0.717, 1.165) is 6.54 Å². The van der Waals surface area contributed by atoms with Crippen LogP contribution in [0.4, 0.5) is 5.69 Å². The van der Waals surface area contributed by atoms with E-state index in [0.29, 0.717) is 6.04 Å². The number of hydrogen-bond acceptors (Lipinski definition) is 2. The van der Waals surface area contributed by atoms with Gasteiger partial charge < -0.3 is 10.2 Å². The van der Waals surface area contributed by atoms with Gasteiger partial charge in [0.2, 0.25) is 0 Å². The van der Waals surface area contributed by atoms with Crippen molar-refractivity contribution in [2.75, 3.05) is 11.9 Å². The van der Waals surface area contributed by atoms with Gasteiger partial charge in [0.05, 0.1) is 0 Å². The number of nitrogens with one attached hydrogen (secondary N) is 1. The zero-order valence-corrected chi connectivity index (χ0v) is 14.5. The molecule has 1 rings (SSSR count). The molecule has 2 heteroatoms. The Morgan fingerprint density at radius 2 is 1.60 bits per heavy atom. The van der Waals surface area contributed by atoms with Crippen LogP contribution < -0.4 is 10.2 Å². The van der Waals surface area contributed by atoms with Crippen molar-refractivity contribution in [3.05, 3.63) is 29.8 Å². The molecule has 0 aliphatic rings. The predicted molar refractivity (Wildman–Crippen MR) is 90.4 cm³/mol. The van der Waals surface area contributed by atoms with E-state index < -0.39 is 0 Å². The molecule has 1 unspecified atom stereocenters. The second kappa shape index (κ2) is 6.17. The minimum Gasteiger partial charge on any atom is -0.371 e. The molecule has 1 atom stereocenters. The molecule has 114 valence electrons. The molecule has 0 radical (unpaired) electrons. The summed E-state index contributed by atoms with van der Waals surface area (Å²) >= 11 is 0. The quantitative estimate of drug-likeness (QED) is 0.874. The van der Waals surface area contributed by atoms with Crippen LogP contribution in [-0.2, 0) is 6.54 Å². The van der Waals surface area contributed by atoms with Gasteiger partial charge in [-0.25, -0.2) is 0 Å². The normalized spacial score (nSPS) is 14.2. The number of nitrogens with zero attached hydrogens (tertiary/aromatic N) is 1. The standard InChI is InChI=1S/C18H32N2/c1-14(17(2,3)4)20(8)16-12-10-9-11-15(16)13-19-18(5,6)7/h9-12,14,19H,13H2,1-8H3. The van der Waals surface area contributed by atoms with E-state index in [4.69, 9.17) is 0 Å². The van der Waals surface area contributed by atoms with E-state index in [1.165, 1.54) is 11.3 Å². The first-order chi connectivity index (χ1) is 9.02. The maximum absolute atomic E-state index is 3.58. The highest BCUT2D eigenvalue weighted by Crippen LogP contribution is 2.29. The van der Waals surface area contributed by atoms with Crippen LogP contribution in [-0.4, -0.2) is 18.6 Å². The summed E-state index contributed by atoms with van der Waals surface area (Å²) in [5, 5.41) is 3.58. The summed E-state index contributed by atoms with van der Waals surface area (Å²) in [7, 11) is 2.20. The molecule has 0 spiro atoms. The van der Waals surface area contributed by atoms with Crippen LogP contribution in [0, 0.1) is 5.41 Å². The number of benzene rings is 1. The summed E-state index contributed by atoms with van der Waals surface area (Å²) in [5.41, 5.74) is 3.09. The molecular formula is C18H32N2. The van der Waals surface area contributed by atoms with Gasteiger partial charge in [0, 0.05) is 30.9 Å². The van der Waals surface area contributed by atoms with Crippen molar-refractivity contribution in [3.8, 4) is 0 Å². The molecule has 20 heavy (non-hydrogen) atoms. The first-order valence-electron chi connectivity index (χ1n) is 7.58. The van der Waals surface area contributed by atoms with Gasteiger partial charge in [-0.1, -0.05) is 39.0 Å². The van der Waals surface area contributed by atoms with Crippen molar-refractivity contribution in [2.24, 2.45) is 5.41 Å². The zero-order valence-electron chi connectivity index (χ0n) is 14.5. The van der Waals surface area contributed by atoms with E-state index in [-0.39, 0.29) is 11.0 Å². The topological polar surface area (TPSA) is 15.3 Å². The first-order valence-corrected chi connectivity index (χ1v) is 7.58. The third-order valence-corrected chi connectivity index (χ3v) is 4.02. The molecular weight excluding hydrogens is 244 g/mol. The first kappa shape index (κ1) is 17.0. The Labute approximate surface area is 125 Å². The summed E-state index contributed by atoms with van der Waals surface area (Å²) in [6.07, 6.45) is 0. The summed E-state index contributed by atoms with van der Waals surface area (Å²) in [5.74, 6) is 0. The fourth-order valence-corrected chi connectivity index (χ4v) is 2.15. The van der Waals surface area contributed by atoms with Gasteiger partial charge in [0.25, 0.3) is 0 Å². The Bertz CT molecular complexity index is 424. The summed E-state index contributed by atoms with van der Waals surface area (Å²) in [6.45, 7) is 16.7. The van der Waals surface area contributed by atoms with Crippen molar-refractivity contribution in [3.63, 3.8) is 0 Å². The Hall–Kier alpha value is -1.02. The maximum atomic E-state index is 3.58. The Balaban J connectivity index is 2.95. The molecule has 0 heterocycles. The minimum absolute atomic E-state index is 0.140. The summed E-state index contributed by atoms with van der Waals surface area (Å²) in [4.78, 5) is 2.40. The summed E-state index contributed by atoms with van der Waals surface area (Å²) < 4.78 is 0. The predicted octanol–water partition coefficient (Wildman–Crippen LogP) is 4.45. The van der Waals surface area contributed by atoms with E-state index in [1.54, 1.807) is 0 Å². The smallest absolute Gasteiger partial charge is 0.0411 e. The van der Waals surface area contributed by atoms with Crippen LogP contribution >= 0.6 is 0 Å². The minimum atomic E-state index is 0.140. The van der Waals surface area contributed by atoms with Crippen molar-refractivity contribution in [2.45, 2.75) is 66.6 Å². The van der Waals surface area contributed by atoms with Gasteiger partial charge in [0.1, 0.15) is 0 Å². The van der Waals surface area contributed by atoms with E-state index in [1.807, 2.05) is 0 Å². The third-order valence-electron chi connectivity index (χ3n) is 4.02. The van der Waals surface area contributed by atoms with Gasteiger partial charge in [0.15, 0.2) is 0 Å². The average Bonchev–Trinajstić information content (AvgIpc) is 2.33. The SMILES string of the molecule is CC(N(C)c1ccccc1CNC(C)(C)C)C(C)(C)C. The van der Waals surface area contributed by atoms with Crippen molar-refractivity contribution in [1.29, 1.82) is 0 Å². The monoisotopic (exact) mass is 276 g/mol. The Morgan fingerprint density at radius 3 is 2.10 bits per heavy atom. The van der Waals surface area contributed by atoms with Crippen LogP contribution in [0.15, 0.2) is 24.3 Å². The molecule has 0 aromatic heterocycles. The van der Waals surface area contributed by atoms with Gasteiger partial charge in [-0.2, -0.15) is 0 Å². The second-order valence-corrected chi connectivity index (χ2v) is 7.89. The van der Waals surface area contributed by atoms with Crippen molar-refractivity contribution < 1.29 is 0 Å². The number of para-hydroxylation sites is 1. The molecule has 0 aliphatic heterocycles. The van der Waals surface area contributed by atoms with Crippen LogP contribution in [0.3, 0.4) is 0 Å². The Kier molecular flexibility index (Phi) is 5.26. The van der Waals surface area contributed by atoms with Crippen LogP contribution in [0.1, 0.15) is 54.0 Å². The lowest BCUT2D eigenvalue weighted by atomic mass is 9.86. The molecule has 0 saturated heterocycles. The van der Waals surface area contributed by atoms with E-state index >= 15 is 0 Å². The summed E-state index contributed by atoms with van der Waals surface area (Å²) in [6, 6.07) is 9.18. The molecule has 0 aliphatic carbocycles. The van der Waals surface area contributed by atoms with Crippen LogP contribution in [0.2, 0.25) is 0 Å². The van der Waals surface area contributed by atoms with E-state index in [2.05, 4.69) is 90.0 Å². The highest BCUT2D eigenvalue weighted by atomic mass is 15.1. The van der Waals surface area contributed by atoms with Gasteiger partial charge in [-0.3, -0.25) is 0 Å². The van der Waals surface area contributed by atoms with Crippen molar-refractivity contribution >= 4 is 5.69 Å². The fourth-order valence-electron chi connectivity index (χ4n) is 2.15. The molecule has 0 bridgehead atoms. The highest BCUT2D eigenvalue weighted by Gasteiger charge is 2.25. The number of anilines is 1. The van der Waals surface area contributed by atoms with Crippen LogP contribution in [0.5, 0.6) is 0 Å². The number of rotatable bonds is 4. The van der Waals surface area contributed by atoms with Crippen molar-refractivity contribution in [1.82, 2.24) is 5.32 Å². The largest absolute Gasteiger partial charge is 0.371 e. The molecule has 2 nitrogen and oxygen atoms in total. The van der Waals surface area contributed by atoms with Gasteiger partial charge in [-0.15, -0.1) is 0 Å². The molecule has 0 amide bonds. The molecule has 0 saturated carbocycles.